The van der Waals surface area contributed by atoms with E-state index in [4.69, 9.17) is 4.74 Å². The summed E-state index contributed by atoms with van der Waals surface area (Å²) in [6.45, 7) is 1.95. The molecular weight excluding hydrogens is 168 g/mol. The Morgan fingerprint density at radius 3 is 2.77 bits per heavy atom. The molecule has 2 saturated carbocycles. The standard InChI is InChI=1S/C10H16O3/c1-6(11)13-5-9-7-2-3-8(9)10(12)4-7/h7-10,12H,2-5H2,1H3/t7-,8-,9?,10+/m1/s1. The Bertz CT molecular complexity index is 214. The van der Waals surface area contributed by atoms with E-state index in [1.807, 2.05) is 0 Å². The molecule has 1 unspecified atom stereocenters. The molecule has 0 amide bonds. The van der Waals surface area contributed by atoms with Gasteiger partial charge in [0.05, 0.1) is 12.7 Å². The van der Waals surface area contributed by atoms with Gasteiger partial charge in [-0.25, -0.2) is 0 Å². The fraction of sp³-hybridized carbons (Fsp3) is 0.900. The lowest BCUT2D eigenvalue weighted by Crippen LogP contribution is -2.20. The van der Waals surface area contributed by atoms with Gasteiger partial charge in [0.25, 0.3) is 0 Å². The van der Waals surface area contributed by atoms with Crippen molar-refractivity contribution in [1.29, 1.82) is 0 Å². The third-order valence-electron chi connectivity index (χ3n) is 3.54. The van der Waals surface area contributed by atoms with Crippen LogP contribution in [-0.2, 0) is 9.53 Å². The number of hydrogen-bond acceptors (Lipinski definition) is 3. The third-order valence-corrected chi connectivity index (χ3v) is 3.54. The average molecular weight is 184 g/mol. The summed E-state index contributed by atoms with van der Waals surface area (Å²) in [5, 5.41) is 9.61. The van der Waals surface area contributed by atoms with Gasteiger partial charge in [-0.1, -0.05) is 0 Å². The van der Waals surface area contributed by atoms with Crippen molar-refractivity contribution in [2.24, 2.45) is 17.8 Å². The van der Waals surface area contributed by atoms with Crippen molar-refractivity contribution in [3.63, 3.8) is 0 Å². The van der Waals surface area contributed by atoms with E-state index < -0.39 is 0 Å². The second-order valence-electron chi connectivity index (χ2n) is 4.27. The lowest BCUT2D eigenvalue weighted by Gasteiger charge is -2.16. The molecule has 1 N–H and O–H groups in total. The number of fused-ring (bicyclic) bond motifs is 2. The molecule has 74 valence electrons. The maximum Gasteiger partial charge on any atom is 0.302 e. The fourth-order valence-electron chi connectivity index (χ4n) is 2.91. The van der Waals surface area contributed by atoms with Crippen molar-refractivity contribution < 1.29 is 14.6 Å². The van der Waals surface area contributed by atoms with Gasteiger partial charge in [-0.15, -0.1) is 0 Å². The average Bonchev–Trinajstić information content (AvgIpc) is 2.56. The number of aliphatic hydroxyl groups excluding tert-OH is 1. The third kappa shape index (κ3) is 1.57. The Balaban J connectivity index is 1.90. The highest BCUT2D eigenvalue weighted by molar-refractivity contribution is 5.65. The van der Waals surface area contributed by atoms with E-state index in [0.29, 0.717) is 24.4 Å². The molecular formula is C10H16O3. The highest BCUT2D eigenvalue weighted by Crippen LogP contribution is 2.49. The maximum atomic E-state index is 10.6. The van der Waals surface area contributed by atoms with Crippen LogP contribution in [0.2, 0.25) is 0 Å². The molecule has 0 aromatic heterocycles. The Labute approximate surface area is 78.1 Å². The number of hydrogen-bond donors (Lipinski definition) is 1. The molecule has 0 heterocycles. The van der Waals surface area contributed by atoms with Crippen LogP contribution in [0, 0.1) is 17.8 Å². The minimum Gasteiger partial charge on any atom is -0.466 e. The van der Waals surface area contributed by atoms with Crippen molar-refractivity contribution in [3.8, 4) is 0 Å². The van der Waals surface area contributed by atoms with Gasteiger partial charge in [0.1, 0.15) is 0 Å². The molecule has 0 radical (unpaired) electrons. The highest BCUT2D eigenvalue weighted by Gasteiger charge is 2.47. The first-order chi connectivity index (χ1) is 6.18. The first-order valence-corrected chi connectivity index (χ1v) is 5.00. The van der Waals surface area contributed by atoms with Crippen LogP contribution in [0.15, 0.2) is 0 Å². The minimum atomic E-state index is -0.208. The summed E-state index contributed by atoms with van der Waals surface area (Å²) in [6, 6.07) is 0. The SMILES string of the molecule is CC(=O)OCC1[C@@H]2CC[C@H]1[C@@H](O)C2. The van der Waals surface area contributed by atoms with E-state index >= 15 is 0 Å². The number of ether oxygens (including phenoxy) is 1. The van der Waals surface area contributed by atoms with Crippen molar-refractivity contribution in [2.75, 3.05) is 6.61 Å². The van der Waals surface area contributed by atoms with Gasteiger partial charge >= 0.3 is 5.97 Å². The fourth-order valence-corrected chi connectivity index (χ4v) is 2.91. The van der Waals surface area contributed by atoms with Gasteiger partial charge in [0.2, 0.25) is 0 Å². The van der Waals surface area contributed by atoms with Gasteiger partial charge in [-0.3, -0.25) is 4.79 Å². The number of esters is 1. The zero-order valence-electron chi connectivity index (χ0n) is 7.90. The van der Waals surface area contributed by atoms with E-state index in [1.165, 1.54) is 13.3 Å². The summed E-state index contributed by atoms with van der Waals surface area (Å²) < 4.78 is 5.00. The van der Waals surface area contributed by atoms with Crippen LogP contribution in [0.4, 0.5) is 0 Å². The molecule has 0 aromatic rings. The van der Waals surface area contributed by atoms with Crippen LogP contribution in [0.3, 0.4) is 0 Å². The first-order valence-electron chi connectivity index (χ1n) is 5.00. The lowest BCUT2D eigenvalue weighted by molar-refractivity contribution is -0.142. The van der Waals surface area contributed by atoms with Crippen LogP contribution >= 0.6 is 0 Å². The summed E-state index contributed by atoms with van der Waals surface area (Å²) >= 11 is 0. The zero-order chi connectivity index (χ0) is 9.42. The normalized spacial score (nSPS) is 42.3. The molecule has 0 aromatic carbocycles. The molecule has 2 aliphatic rings. The number of aliphatic hydroxyl groups is 1. The van der Waals surface area contributed by atoms with Crippen molar-refractivity contribution in [1.82, 2.24) is 0 Å². The lowest BCUT2D eigenvalue weighted by atomic mass is 9.97. The molecule has 2 rings (SSSR count). The van der Waals surface area contributed by atoms with Gasteiger partial charge < -0.3 is 9.84 Å². The van der Waals surface area contributed by atoms with Crippen LogP contribution in [0.25, 0.3) is 0 Å². The predicted octanol–water partition coefficient (Wildman–Crippen LogP) is 0.957. The van der Waals surface area contributed by atoms with Crippen LogP contribution in [0.5, 0.6) is 0 Å². The molecule has 2 fully saturated rings. The van der Waals surface area contributed by atoms with Crippen molar-refractivity contribution in [2.45, 2.75) is 32.3 Å². The van der Waals surface area contributed by atoms with E-state index in [9.17, 15) is 9.90 Å². The van der Waals surface area contributed by atoms with Gasteiger partial charge in [0.15, 0.2) is 0 Å². The van der Waals surface area contributed by atoms with E-state index in [0.717, 1.165) is 12.8 Å². The molecule has 0 aliphatic heterocycles. The molecule has 4 atom stereocenters. The maximum absolute atomic E-state index is 10.6. The summed E-state index contributed by atoms with van der Waals surface area (Å²) in [6.07, 6.45) is 3.08. The largest absolute Gasteiger partial charge is 0.466 e. The molecule has 13 heavy (non-hydrogen) atoms. The van der Waals surface area contributed by atoms with E-state index in [1.54, 1.807) is 0 Å². The van der Waals surface area contributed by atoms with Crippen LogP contribution < -0.4 is 0 Å². The molecule has 0 spiro atoms. The molecule has 2 bridgehead atoms. The predicted molar refractivity (Wildman–Crippen MR) is 47.0 cm³/mol. The van der Waals surface area contributed by atoms with Crippen molar-refractivity contribution >= 4 is 5.97 Å². The van der Waals surface area contributed by atoms with Crippen molar-refractivity contribution in [3.05, 3.63) is 0 Å². The molecule has 0 saturated heterocycles. The Hall–Kier alpha value is -0.570. The quantitative estimate of drug-likeness (QED) is 0.650. The molecule has 3 nitrogen and oxygen atoms in total. The van der Waals surface area contributed by atoms with Gasteiger partial charge in [0, 0.05) is 12.8 Å². The van der Waals surface area contributed by atoms with Crippen LogP contribution in [0.1, 0.15) is 26.2 Å². The summed E-state index contributed by atoms with van der Waals surface area (Å²) in [5.74, 6) is 1.21. The Morgan fingerprint density at radius 1 is 1.54 bits per heavy atom. The zero-order valence-corrected chi connectivity index (χ0v) is 7.90. The Kier molecular flexibility index (Phi) is 2.28. The molecule has 3 heteroatoms. The minimum absolute atomic E-state index is 0.140. The number of carbonyl (C=O) groups excluding carboxylic acids is 1. The second kappa shape index (κ2) is 3.29. The van der Waals surface area contributed by atoms with Gasteiger partial charge in [-0.2, -0.15) is 0 Å². The van der Waals surface area contributed by atoms with E-state index in [-0.39, 0.29) is 12.1 Å². The number of rotatable bonds is 2. The monoisotopic (exact) mass is 184 g/mol. The number of carbonyl (C=O) groups is 1. The summed E-state index contributed by atoms with van der Waals surface area (Å²) in [7, 11) is 0. The first kappa shape index (κ1) is 9.00. The molecule has 2 aliphatic carbocycles. The summed E-state index contributed by atoms with van der Waals surface area (Å²) in [4.78, 5) is 10.6. The smallest absolute Gasteiger partial charge is 0.302 e. The van der Waals surface area contributed by atoms with Gasteiger partial charge in [-0.05, 0) is 31.1 Å². The second-order valence-corrected chi connectivity index (χ2v) is 4.27. The highest BCUT2D eigenvalue weighted by atomic mass is 16.5. The Morgan fingerprint density at radius 2 is 2.31 bits per heavy atom. The van der Waals surface area contributed by atoms with E-state index in [2.05, 4.69) is 0 Å². The topological polar surface area (TPSA) is 46.5 Å². The summed E-state index contributed by atoms with van der Waals surface area (Å²) in [5.41, 5.74) is 0. The van der Waals surface area contributed by atoms with Crippen LogP contribution in [-0.4, -0.2) is 23.8 Å².